The van der Waals surface area contributed by atoms with Crippen LogP contribution in [0, 0.1) is 0 Å². The van der Waals surface area contributed by atoms with Crippen LogP contribution in [0.25, 0.3) is 11.0 Å². The van der Waals surface area contributed by atoms with E-state index < -0.39 is 12.1 Å². The van der Waals surface area contributed by atoms with E-state index >= 15 is 0 Å². The Bertz CT molecular complexity index is 817. The molecule has 1 unspecified atom stereocenters. The number of rotatable bonds is 4. The second-order valence-electron chi connectivity index (χ2n) is 4.98. The highest BCUT2D eigenvalue weighted by atomic mass is 16.5. The molecule has 1 atom stereocenters. The maximum absolute atomic E-state index is 11.4. The molecule has 0 saturated heterocycles. The van der Waals surface area contributed by atoms with Gasteiger partial charge in [0.05, 0.1) is 24.7 Å². The van der Waals surface area contributed by atoms with Gasteiger partial charge in [0.25, 0.3) is 0 Å². The number of aromatic nitrogens is 2. The molecule has 0 bridgehead atoms. The molecule has 3 aromatic rings. The summed E-state index contributed by atoms with van der Waals surface area (Å²) in [4.78, 5) is 15.9. The molecule has 0 aliphatic carbocycles. The van der Waals surface area contributed by atoms with Crippen LogP contribution in [-0.4, -0.2) is 27.7 Å². The van der Waals surface area contributed by atoms with Gasteiger partial charge in [-0.15, -0.1) is 0 Å². The van der Waals surface area contributed by atoms with E-state index in [4.69, 9.17) is 4.42 Å². The highest BCUT2D eigenvalue weighted by molar-refractivity contribution is 5.86. The van der Waals surface area contributed by atoms with Crippen LogP contribution in [0.5, 0.6) is 0 Å². The SMILES string of the molecule is COC(=O)c1ccc(Cn2c(C(C)O)nc3ccccc32)o1. The summed E-state index contributed by atoms with van der Waals surface area (Å²) in [6, 6.07) is 10.9. The number of benzene rings is 1. The zero-order valence-electron chi connectivity index (χ0n) is 12.3. The van der Waals surface area contributed by atoms with Gasteiger partial charge in [0.1, 0.15) is 17.7 Å². The van der Waals surface area contributed by atoms with E-state index in [-0.39, 0.29) is 5.76 Å². The van der Waals surface area contributed by atoms with E-state index in [2.05, 4.69) is 9.72 Å². The van der Waals surface area contributed by atoms with Gasteiger partial charge in [-0.3, -0.25) is 0 Å². The number of imidazole rings is 1. The molecular weight excluding hydrogens is 284 g/mol. The van der Waals surface area contributed by atoms with Crippen LogP contribution in [0.4, 0.5) is 0 Å². The van der Waals surface area contributed by atoms with Crippen LogP contribution in [0.1, 0.15) is 35.2 Å². The molecule has 0 radical (unpaired) electrons. The summed E-state index contributed by atoms with van der Waals surface area (Å²) in [5.41, 5.74) is 1.70. The fourth-order valence-corrected chi connectivity index (χ4v) is 2.41. The Balaban J connectivity index is 2.01. The van der Waals surface area contributed by atoms with Crippen LogP contribution in [0.3, 0.4) is 0 Å². The number of aliphatic hydroxyl groups excluding tert-OH is 1. The second-order valence-corrected chi connectivity index (χ2v) is 4.98. The lowest BCUT2D eigenvalue weighted by molar-refractivity contribution is 0.0562. The predicted octanol–water partition coefficient (Wildman–Crippen LogP) is 2.52. The van der Waals surface area contributed by atoms with Crippen molar-refractivity contribution in [3.8, 4) is 0 Å². The van der Waals surface area contributed by atoms with Crippen LogP contribution in [0.15, 0.2) is 40.8 Å². The number of nitrogens with zero attached hydrogens (tertiary/aromatic N) is 2. The average Bonchev–Trinajstić information content (AvgIpc) is 3.12. The van der Waals surface area contributed by atoms with Crippen molar-refractivity contribution in [1.82, 2.24) is 9.55 Å². The summed E-state index contributed by atoms with van der Waals surface area (Å²) >= 11 is 0. The number of carbonyl (C=O) groups is 1. The molecular formula is C16H16N2O4. The summed E-state index contributed by atoms with van der Waals surface area (Å²) in [6.07, 6.45) is -0.706. The topological polar surface area (TPSA) is 77.5 Å². The van der Waals surface area contributed by atoms with Gasteiger partial charge < -0.3 is 18.8 Å². The van der Waals surface area contributed by atoms with Crippen molar-refractivity contribution in [3.63, 3.8) is 0 Å². The Kier molecular flexibility index (Phi) is 3.68. The molecule has 1 N–H and O–H groups in total. The molecule has 0 fully saturated rings. The van der Waals surface area contributed by atoms with Gasteiger partial charge in [-0.2, -0.15) is 0 Å². The Morgan fingerprint density at radius 3 is 2.86 bits per heavy atom. The fraction of sp³-hybridized carbons (Fsp3) is 0.250. The minimum Gasteiger partial charge on any atom is -0.463 e. The smallest absolute Gasteiger partial charge is 0.373 e. The van der Waals surface area contributed by atoms with Crippen LogP contribution in [0.2, 0.25) is 0 Å². The largest absolute Gasteiger partial charge is 0.463 e. The summed E-state index contributed by atoms with van der Waals surface area (Å²) in [7, 11) is 1.31. The molecule has 0 aliphatic heterocycles. The molecule has 0 aliphatic rings. The minimum absolute atomic E-state index is 0.153. The third kappa shape index (κ3) is 2.48. The lowest BCUT2D eigenvalue weighted by atomic mass is 10.3. The predicted molar refractivity (Wildman–Crippen MR) is 79.5 cm³/mol. The lowest BCUT2D eigenvalue weighted by Crippen LogP contribution is -2.07. The van der Waals surface area contributed by atoms with Gasteiger partial charge >= 0.3 is 5.97 Å². The molecule has 22 heavy (non-hydrogen) atoms. The van der Waals surface area contributed by atoms with Crippen molar-refractivity contribution in [2.24, 2.45) is 0 Å². The highest BCUT2D eigenvalue weighted by Crippen LogP contribution is 2.22. The van der Waals surface area contributed by atoms with Crippen molar-refractivity contribution in [1.29, 1.82) is 0 Å². The first-order chi connectivity index (χ1) is 10.6. The Hall–Kier alpha value is -2.60. The van der Waals surface area contributed by atoms with Crippen molar-refractivity contribution in [2.45, 2.75) is 19.6 Å². The van der Waals surface area contributed by atoms with Crippen molar-refractivity contribution >= 4 is 17.0 Å². The average molecular weight is 300 g/mol. The molecule has 0 amide bonds. The molecule has 6 nitrogen and oxygen atoms in total. The molecule has 6 heteroatoms. The molecule has 2 heterocycles. The van der Waals surface area contributed by atoms with E-state index in [1.54, 1.807) is 19.1 Å². The number of esters is 1. The number of aliphatic hydroxyl groups is 1. The first kappa shape index (κ1) is 14.3. The first-order valence-corrected chi connectivity index (χ1v) is 6.90. The molecule has 114 valence electrons. The summed E-state index contributed by atoms with van der Waals surface area (Å²) in [5, 5.41) is 9.93. The summed E-state index contributed by atoms with van der Waals surface area (Å²) < 4.78 is 12.0. The fourth-order valence-electron chi connectivity index (χ4n) is 2.41. The molecule has 3 rings (SSSR count). The van der Waals surface area contributed by atoms with Gasteiger partial charge in [0, 0.05) is 0 Å². The van der Waals surface area contributed by atoms with E-state index in [0.29, 0.717) is 18.1 Å². The number of methoxy groups -OCH3 is 1. The summed E-state index contributed by atoms with van der Waals surface area (Å²) in [5.74, 6) is 0.778. The Morgan fingerprint density at radius 2 is 2.14 bits per heavy atom. The van der Waals surface area contributed by atoms with Gasteiger partial charge in [-0.1, -0.05) is 12.1 Å². The number of fused-ring (bicyclic) bond motifs is 1. The monoisotopic (exact) mass is 300 g/mol. The quantitative estimate of drug-likeness (QED) is 0.749. The van der Waals surface area contributed by atoms with Crippen molar-refractivity contribution in [3.05, 3.63) is 53.7 Å². The number of carbonyl (C=O) groups excluding carboxylic acids is 1. The molecule has 1 aromatic carbocycles. The van der Waals surface area contributed by atoms with Crippen molar-refractivity contribution in [2.75, 3.05) is 7.11 Å². The van der Waals surface area contributed by atoms with E-state index in [0.717, 1.165) is 11.0 Å². The maximum Gasteiger partial charge on any atom is 0.373 e. The van der Waals surface area contributed by atoms with E-state index in [1.807, 2.05) is 28.8 Å². The summed E-state index contributed by atoms with van der Waals surface area (Å²) in [6.45, 7) is 2.04. The normalized spacial score (nSPS) is 12.5. The van der Waals surface area contributed by atoms with Gasteiger partial charge in [0.2, 0.25) is 5.76 Å². The second kappa shape index (κ2) is 5.65. The number of para-hydroxylation sites is 2. The first-order valence-electron chi connectivity index (χ1n) is 6.90. The molecule has 2 aromatic heterocycles. The number of hydrogen-bond acceptors (Lipinski definition) is 5. The standard InChI is InChI=1S/C16H16N2O4/c1-10(19)15-17-12-5-3-4-6-13(12)18(15)9-11-7-8-14(22-11)16(20)21-2/h3-8,10,19H,9H2,1-2H3. The van der Waals surface area contributed by atoms with Crippen LogP contribution in [-0.2, 0) is 11.3 Å². The van der Waals surface area contributed by atoms with Gasteiger partial charge in [-0.05, 0) is 31.2 Å². The number of furan rings is 1. The molecule has 0 spiro atoms. The number of hydrogen-bond donors (Lipinski definition) is 1. The Morgan fingerprint density at radius 1 is 1.36 bits per heavy atom. The van der Waals surface area contributed by atoms with E-state index in [1.165, 1.54) is 7.11 Å². The molecule has 0 saturated carbocycles. The van der Waals surface area contributed by atoms with Gasteiger partial charge in [-0.25, -0.2) is 9.78 Å². The minimum atomic E-state index is -0.706. The van der Waals surface area contributed by atoms with Crippen molar-refractivity contribution < 1.29 is 19.1 Å². The Labute approximate surface area is 126 Å². The maximum atomic E-state index is 11.4. The lowest BCUT2D eigenvalue weighted by Gasteiger charge is -2.09. The zero-order valence-corrected chi connectivity index (χ0v) is 12.3. The number of ether oxygens (including phenoxy) is 1. The zero-order chi connectivity index (χ0) is 15.7. The highest BCUT2D eigenvalue weighted by Gasteiger charge is 2.17. The third-order valence-electron chi connectivity index (χ3n) is 3.42. The van der Waals surface area contributed by atoms with Gasteiger partial charge in [0.15, 0.2) is 0 Å². The van der Waals surface area contributed by atoms with Crippen LogP contribution < -0.4 is 0 Å². The van der Waals surface area contributed by atoms with Crippen LogP contribution >= 0.6 is 0 Å². The van der Waals surface area contributed by atoms with E-state index in [9.17, 15) is 9.90 Å². The third-order valence-corrected chi connectivity index (χ3v) is 3.42.